The van der Waals surface area contributed by atoms with Crippen molar-refractivity contribution in [2.45, 2.75) is 39.7 Å². The van der Waals surface area contributed by atoms with E-state index >= 15 is 0 Å². The number of rotatable bonds is 10. The number of ether oxygens (including phenoxy) is 3. The molecule has 0 radical (unpaired) electrons. The van der Waals surface area contributed by atoms with Crippen LogP contribution in [-0.2, 0) is 9.53 Å². The summed E-state index contributed by atoms with van der Waals surface area (Å²) < 4.78 is 16.3. The zero-order chi connectivity index (χ0) is 16.4. The molecule has 1 atom stereocenters. The van der Waals surface area contributed by atoms with Crippen molar-refractivity contribution in [3.05, 3.63) is 23.8 Å². The Morgan fingerprint density at radius 1 is 1.14 bits per heavy atom. The molecule has 0 saturated carbocycles. The van der Waals surface area contributed by atoms with E-state index in [9.17, 15) is 4.79 Å². The Hall–Kier alpha value is -1.75. The molecule has 0 aliphatic rings. The van der Waals surface area contributed by atoms with E-state index in [1.807, 2.05) is 25.1 Å². The van der Waals surface area contributed by atoms with E-state index in [4.69, 9.17) is 14.2 Å². The first kappa shape index (κ1) is 18.3. The molecular formula is C17H27NO4. The highest BCUT2D eigenvalue weighted by Crippen LogP contribution is 2.31. The summed E-state index contributed by atoms with van der Waals surface area (Å²) in [5.41, 5.74) is 0.972. The Labute approximate surface area is 132 Å². The molecule has 124 valence electrons. The second kappa shape index (κ2) is 10.1. The van der Waals surface area contributed by atoms with Gasteiger partial charge >= 0.3 is 0 Å². The van der Waals surface area contributed by atoms with Crippen molar-refractivity contribution in [2.24, 2.45) is 0 Å². The van der Waals surface area contributed by atoms with Gasteiger partial charge in [-0.3, -0.25) is 4.79 Å². The predicted molar refractivity (Wildman–Crippen MR) is 86.4 cm³/mol. The van der Waals surface area contributed by atoms with Crippen LogP contribution in [0.1, 0.15) is 45.2 Å². The second-order valence-corrected chi connectivity index (χ2v) is 5.13. The lowest BCUT2D eigenvalue weighted by Gasteiger charge is -2.18. The molecule has 0 aliphatic carbocycles. The third-order valence-corrected chi connectivity index (χ3v) is 3.04. The van der Waals surface area contributed by atoms with Gasteiger partial charge in [-0.2, -0.15) is 0 Å². The zero-order valence-corrected chi connectivity index (χ0v) is 14.0. The molecule has 0 bridgehead atoms. The lowest BCUT2D eigenvalue weighted by molar-refractivity contribution is -0.125. The van der Waals surface area contributed by atoms with Crippen molar-refractivity contribution in [1.29, 1.82) is 0 Å². The standard InChI is InChI=1S/C17H27NO4/c1-5-9-21-15-8-7-14(11-16(15)22-10-6-2)13(3)18-17(19)12-20-4/h7-8,11,13H,5-6,9-10,12H2,1-4H3,(H,18,19). The van der Waals surface area contributed by atoms with Crippen LogP contribution in [-0.4, -0.2) is 32.8 Å². The third kappa shape index (κ3) is 5.93. The van der Waals surface area contributed by atoms with E-state index in [0.29, 0.717) is 13.2 Å². The molecule has 1 amide bonds. The first-order chi connectivity index (χ1) is 10.6. The largest absolute Gasteiger partial charge is 0.490 e. The number of carbonyl (C=O) groups is 1. The molecule has 0 saturated heterocycles. The molecule has 1 unspecified atom stereocenters. The van der Waals surface area contributed by atoms with Gasteiger partial charge in [0.2, 0.25) is 5.91 Å². The van der Waals surface area contributed by atoms with E-state index < -0.39 is 0 Å². The van der Waals surface area contributed by atoms with Crippen LogP contribution in [0.3, 0.4) is 0 Å². The van der Waals surface area contributed by atoms with Crippen molar-refractivity contribution in [3.8, 4) is 11.5 Å². The molecule has 0 heterocycles. The maximum absolute atomic E-state index is 11.6. The SMILES string of the molecule is CCCOc1ccc(C(C)NC(=O)COC)cc1OCCC. The van der Waals surface area contributed by atoms with E-state index in [1.165, 1.54) is 7.11 Å². The van der Waals surface area contributed by atoms with Gasteiger partial charge in [0.15, 0.2) is 11.5 Å². The number of benzene rings is 1. The van der Waals surface area contributed by atoms with Gasteiger partial charge in [0.05, 0.1) is 19.3 Å². The van der Waals surface area contributed by atoms with Crippen LogP contribution in [0.5, 0.6) is 11.5 Å². The summed E-state index contributed by atoms with van der Waals surface area (Å²) >= 11 is 0. The van der Waals surface area contributed by atoms with Crippen molar-refractivity contribution < 1.29 is 19.0 Å². The normalized spacial score (nSPS) is 11.8. The molecule has 1 rings (SSSR count). The van der Waals surface area contributed by atoms with Gasteiger partial charge in [-0.05, 0) is 37.5 Å². The van der Waals surface area contributed by atoms with Gasteiger partial charge in [0.25, 0.3) is 0 Å². The Kier molecular flexibility index (Phi) is 8.36. The quantitative estimate of drug-likeness (QED) is 0.721. The van der Waals surface area contributed by atoms with Crippen molar-refractivity contribution in [1.82, 2.24) is 5.32 Å². The van der Waals surface area contributed by atoms with Crippen molar-refractivity contribution in [3.63, 3.8) is 0 Å². The topological polar surface area (TPSA) is 56.8 Å². The minimum absolute atomic E-state index is 0.0568. The number of hydrogen-bond donors (Lipinski definition) is 1. The fourth-order valence-corrected chi connectivity index (χ4v) is 1.95. The molecule has 5 nitrogen and oxygen atoms in total. The average Bonchev–Trinajstić information content (AvgIpc) is 2.51. The second-order valence-electron chi connectivity index (χ2n) is 5.13. The summed E-state index contributed by atoms with van der Waals surface area (Å²) in [7, 11) is 1.50. The van der Waals surface area contributed by atoms with Crippen LogP contribution in [0.15, 0.2) is 18.2 Å². The van der Waals surface area contributed by atoms with E-state index in [1.54, 1.807) is 0 Å². The maximum Gasteiger partial charge on any atom is 0.246 e. The van der Waals surface area contributed by atoms with Crippen LogP contribution in [0.2, 0.25) is 0 Å². The number of amides is 1. The number of methoxy groups -OCH3 is 1. The van der Waals surface area contributed by atoms with Crippen LogP contribution in [0, 0.1) is 0 Å². The average molecular weight is 309 g/mol. The highest BCUT2D eigenvalue weighted by molar-refractivity contribution is 5.77. The number of carbonyl (C=O) groups excluding carboxylic acids is 1. The highest BCUT2D eigenvalue weighted by Gasteiger charge is 2.13. The van der Waals surface area contributed by atoms with Gasteiger partial charge < -0.3 is 19.5 Å². The van der Waals surface area contributed by atoms with Crippen LogP contribution in [0.25, 0.3) is 0 Å². The highest BCUT2D eigenvalue weighted by atomic mass is 16.5. The first-order valence-corrected chi connectivity index (χ1v) is 7.80. The lowest BCUT2D eigenvalue weighted by Crippen LogP contribution is -2.29. The molecular weight excluding hydrogens is 282 g/mol. The summed E-state index contributed by atoms with van der Waals surface area (Å²) in [6.45, 7) is 7.40. The summed E-state index contributed by atoms with van der Waals surface area (Å²) in [6.07, 6.45) is 1.87. The van der Waals surface area contributed by atoms with E-state index in [0.717, 1.165) is 29.9 Å². The number of nitrogens with one attached hydrogen (secondary N) is 1. The Morgan fingerprint density at radius 3 is 2.36 bits per heavy atom. The summed E-state index contributed by atoms with van der Waals surface area (Å²) in [5, 5.41) is 2.88. The van der Waals surface area contributed by atoms with Gasteiger partial charge in [-0.1, -0.05) is 19.9 Å². The fourth-order valence-electron chi connectivity index (χ4n) is 1.95. The molecule has 0 fully saturated rings. The van der Waals surface area contributed by atoms with Crippen LogP contribution < -0.4 is 14.8 Å². The maximum atomic E-state index is 11.6. The Bertz CT molecular complexity index is 462. The van der Waals surface area contributed by atoms with Crippen LogP contribution >= 0.6 is 0 Å². The van der Waals surface area contributed by atoms with Gasteiger partial charge in [-0.15, -0.1) is 0 Å². The zero-order valence-electron chi connectivity index (χ0n) is 14.0. The van der Waals surface area contributed by atoms with Gasteiger partial charge in [0, 0.05) is 7.11 Å². The summed E-state index contributed by atoms with van der Waals surface area (Å²) in [6, 6.07) is 5.65. The first-order valence-electron chi connectivity index (χ1n) is 7.80. The molecule has 0 aromatic heterocycles. The monoisotopic (exact) mass is 309 g/mol. The van der Waals surface area contributed by atoms with Crippen LogP contribution in [0.4, 0.5) is 0 Å². The van der Waals surface area contributed by atoms with Crippen molar-refractivity contribution >= 4 is 5.91 Å². The summed E-state index contributed by atoms with van der Waals surface area (Å²) in [4.78, 5) is 11.6. The van der Waals surface area contributed by atoms with E-state index in [-0.39, 0.29) is 18.6 Å². The smallest absolute Gasteiger partial charge is 0.246 e. The molecule has 5 heteroatoms. The minimum Gasteiger partial charge on any atom is -0.490 e. The van der Waals surface area contributed by atoms with Gasteiger partial charge in [0.1, 0.15) is 6.61 Å². The third-order valence-electron chi connectivity index (χ3n) is 3.04. The number of hydrogen-bond acceptors (Lipinski definition) is 4. The fraction of sp³-hybridized carbons (Fsp3) is 0.588. The Balaban J connectivity index is 2.84. The minimum atomic E-state index is -0.141. The lowest BCUT2D eigenvalue weighted by atomic mass is 10.1. The summed E-state index contributed by atoms with van der Waals surface area (Å²) in [5.74, 6) is 1.33. The molecule has 1 aromatic rings. The predicted octanol–water partition coefficient (Wildman–Crippen LogP) is 3.09. The molecule has 22 heavy (non-hydrogen) atoms. The Morgan fingerprint density at radius 2 is 1.77 bits per heavy atom. The molecule has 0 aliphatic heterocycles. The van der Waals surface area contributed by atoms with Gasteiger partial charge in [-0.25, -0.2) is 0 Å². The molecule has 1 N–H and O–H groups in total. The molecule has 0 spiro atoms. The van der Waals surface area contributed by atoms with Crippen molar-refractivity contribution in [2.75, 3.05) is 26.9 Å². The molecule has 1 aromatic carbocycles. The van der Waals surface area contributed by atoms with E-state index in [2.05, 4.69) is 19.2 Å².